The quantitative estimate of drug-likeness (QED) is 0.159. The van der Waals surface area contributed by atoms with E-state index in [0.717, 1.165) is 0 Å². The fraction of sp³-hybridized carbons (Fsp3) is 0.0357. The molecule has 12 rings (SSSR count). The van der Waals surface area contributed by atoms with Gasteiger partial charge in [0.15, 0.2) is 0 Å². The summed E-state index contributed by atoms with van der Waals surface area (Å²) in [6.07, 6.45) is 0. The maximum atomic E-state index is 2.47. The minimum absolute atomic E-state index is 1.22. The number of fused-ring (bicyclic) bond motifs is 9. The zero-order chi connectivity index (χ0) is 38.5. The van der Waals surface area contributed by atoms with Crippen molar-refractivity contribution in [3.63, 3.8) is 0 Å². The molecular weight excluding hydrogens is 701 g/mol. The fourth-order valence-corrected chi connectivity index (χ4v) is 9.96. The van der Waals surface area contributed by atoms with Crippen LogP contribution in [0.1, 0.15) is 0 Å². The molecule has 0 amide bonds. The maximum absolute atomic E-state index is 2.47. The van der Waals surface area contributed by atoms with Crippen LogP contribution >= 0.6 is 0 Å². The zero-order valence-electron chi connectivity index (χ0n) is 32.4. The molecule has 2 nitrogen and oxygen atoms in total. The molecule has 12 aromatic rings. The van der Waals surface area contributed by atoms with Crippen LogP contribution in [0.4, 0.5) is 0 Å². The van der Waals surface area contributed by atoms with E-state index in [9.17, 15) is 0 Å². The first-order valence-electron chi connectivity index (χ1n) is 20.1. The van der Waals surface area contributed by atoms with Crippen molar-refractivity contribution in [1.29, 1.82) is 0 Å². The Kier molecular flexibility index (Phi) is 7.09. The van der Waals surface area contributed by atoms with Crippen molar-refractivity contribution in [3.05, 3.63) is 194 Å². The molecule has 0 saturated carbocycles. The second-order valence-corrected chi connectivity index (χ2v) is 15.8. The topological polar surface area (TPSA) is 9.86 Å². The Balaban J connectivity index is 1.15. The largest absolute Gasteiger partial charge is 0.344 e. The normalized spacial score (nSPS) is 12.0. The first-order valence-corrected chi connectivity index (χ1v) is 20.1. The van der Waals surface area contributed by atoms with Crippen molar-refractivity contribution >= 4 is 75.9 Å². The first kappa shape index (κ1) is 32.8. The molecule has 0 unspecified atom stereocenters. The second-order valence-electron chi connectivity index (χ2n) is 15.8. The van der Waals surface area contributed by atoms with Crippen LogP contribution in [0.2, 0.25) is 0 Å². The number of rotatable bonds is 4. The third kappa shape index (κ3) is 4.79. The van der Waals surface area contributed by atoms with Crippen LogP contribution in [0.25, 0.3) is 120 Å². The van der Waals surface area contributed by atoms with Crippen molar-refractivity contribution in [2.24, 2.45) is 14.1 Å². The molecule has 2 heteroatoms. The molecule has 2 aromatic heterocycles. The SMILES string of the molecule is Cn1c2ccccc2c2cc(-c3cccc4c(-c5ccc6c(-c7ccccc7)cccc6c5)c5cccc(-c6ccc7c(c6)c6ccccc6n7C)c5cc34)ccc21. The van der Waals surface area contributed by atoms with Gasteiger partial charge in [0, 0.05) is 57.7 Å². The average Bonchev–Trinajstić information content (AvgIpc) is 3.74. The lowest BCUT2D eigenvalue weighted by Crippen LogP contribution is -1.91. The van der Waals surface area contributed by atoms with Gasteiger partial charge in [-0.25, -0.2) is 0 Å². The predicted molar refractivity (Wildman–Crippen MR) is 249 cm³/mol. The van der Waals surface area contributed by atoms with E-state index in [4.69, 9.17) is 0 Å². The molecule has 0 aliphatic rings. The minimum Gasteiger partial charge on any atom is -0.344 e. The third-order valence-electron chi connectivity index (χ3n) is 12.7. The van der Waals surface area contributed by atoms with Crippen molar-refractivity contribution in [2.75, 3.05) is 0 Å². The summed E-state index contributed by atoms with van der Waals surface area (Å²) in [4.78, 5) is 0. The van der Waals surface area contributed by atoms with Crippen molar-refractivity contribution < 1.29 is 0 Å². The number of benzene rings is 10. The lowest BCUT2D eigenvalue weighted by Gasteiger charge is -2.18. The summed E-state index contributed by atoms with van der Waals surface area (Å²) in [6.45, 7) is 0. The van der Waals surface area contributed by atoms with Gasteiger partial charge in [0.25, 0.3) is 0 Å². The van der Waals surface area contributed by atoms with E-state index in [-0.39, 0.29) is 0 Å². The molecule has 0 aliphatic heterocycles. The van der Waals surface area contributed by atoms with Crippen molar-refractivity contribution in [1.82, 2.24) is 9.13 Å². The summed E-state index contributed by atoms with van der Waals surface area (Å²) in [5, 5.41) is 12.6. The van der Waals surface area contributed by atoms with Crippen LogP contribution in [0, 0.1) is 0 Å². The van der Waals surface area contributed by atoms with Gasteiger partial charge >= 0.3 is 0 Å². The molecule has 272 valence electrons. The number of para-hydroxylation sites is 2. The van der Waals surface area contributed by atoms with Gasteiger partial charge < -0.3 is 9.13 Å². The molecule has 0 spiro atoms. The predicted octanol–water partition coefficient (Wildman–Crippen LogP) is 15.1. The van der Waals surface area contributed by atoms with Crippen LogP contribution in [-0.2, 0) is 14.1 Å². The molecule has 58 heavy (non-hydrogen) atoms. The van der Waals surface area contributed by atoms with E-state index in [1.54, 1.807) is 0 Å². The Bertz CT molecular complexity index is 3460. The summed E-state index contributed by atoms with van der Waals surface area (Å²) in [5.74, 6) is 0. The van der Waals surface area contributed by atoms with E-state index < -0.39 is 0 Å². The Morgan fingerprint density at radius 1 is 0.259 bits per heavy atom. The molecule has 0 fully saturated rings. The molecule has 0 N–H and O–H groups in total. The summed E-state index contributed by atoms with van der Waals surface area (Å²) in [6, 6.07) is 72.2. The highest BCUT2D eigenvalue weighted by Crippen LogP contribution is 2.45. The molecular formula is C56H38N2. The highest BCUT2D eigenvalue weighted by atomic mass is 14.9. The number of hydrogen-bond acceptors (Lipinski definition) is 0. The van der Waals surface area contributed by atoms with Gasteiger partial charge in [0.2, 0.25) is 0 Å². The molecule has 0 atom stereocenters. The van der Waals surface area contributed by atoms with Crippen molar-refractivity contribution in [2.45, 2.75) is 0 Å². The van der Waals surface area contributed by atoms with E-state index in [0.29, 0.717) is 0 Å². The Labute approximate surface area is 336 Å². The second kappa shape index (κ2) is 12.5. The maximum Gasteiger partial charge on any atom is 0.0489 e. The summed E-state index contributed by atoms with van der Waals surface area (Å²) < 4.78 is 4.62. The van der Waals surface area contributed by atoms with E-state index >= 15 is 0 Å². The number of aryl methyl sites for hydroxylation is 2. The third-order valence-corrected chi connectivity index (χ3v) is 12.7. The zero-order valence-corrected chi connectivity index (χ0v) is 32.4. The molecule has 2 heterocycles. The Hall–Kier alpha value is -7.42. The highest BCUT2D eigenvalue weighted by molar-refractivity contribution is 6.21. The van der Waals surface area contributed by atoms with Gasteiger partial charge in [0.1, 0.15) is 0 Å². The van der Waals surface area contributed by atoms with Crippen LogP contribution in [0.5, 0.6) is 0 Å². The van der Waals surface area contributed by atoms with Crippen LogP contribution < -0.4 is 0 Å². The molecule has 0 bridgehead atoms. The standard InChI is InChI=1S/C56H38N2/c1-57-52-23-8-6-16-44(52)50-32-37(26-29-54(50)57)41-19-11-21-46-48(41)34-49-42(38-27-30-55-51(33-38)45-17-7-9-24-53(45)58(55)2)20-12-22-47(49)56(46)39-25-28-43-36(31-39)15-10-18-40(43)35-13-4-3-5-14-35/h3-34H,1-2H3. The Morgan fingerprint density at radius 2 is 0.724 bits per heavy atom. The van der Waals surface area contributed by atoms with E-state index in [2.05, 4.69) is 217 Å². The summed E-state index contributed by atoms with van der Waals surface area (Å²) >= 11 is 0. The molecule has 0 aliphatic carbocycles. The van der Waals surface area contributed by atoms with Gasteiger partial charge in [-0.05, 0) is 125 Å². The monoisotopic (exact) mass is 738 g/mol. The van der Waals surface area contributed by atoms with Gasteiger partial charge in [-0.3, -0.25) is 0 Å². The lowest BCUT2D eigenvalue weighted by molar-refractivity contribution is 1.01. The van der Waals surface area contributed by atoms with Crippen LogP contribution in [-0.4, -0.2) is 9.13 Å². The fourth-order valence-electron chi connectivity index (χ4n) is 9.96. The van der Waals surface area contributed by atoms with Gasteiger partial charge in [-0.15, -0.1) is 0 Å². The van der Waals surface area contributed by atoms with Crippen molar-refractivity contribution in [3.8, 4) is 44.5 Å². The molecule has 10 aromatic carbocycles. The van der Waals surface area contributed by atoms with Gasteiger partial charge in [-0.1, -0.05) is 146 Å². The van der Waals surface area contributed by atoms with Crippen LogP contribution in [0.3, 0.4) is 0 Å². The number of nitrogens with zero attached hydrogens (tertiary/aromatic N) is 2. The molecule has 0 radical (unpaired) electrons. The Morgan fingerprint density at radius 3 is 1.31 bits per heavy atom. The smallest absolute Gasteiger partial charge is 0.0489 e. The van der Waals surface area contributed by atoms with Gasteiger partial charge in [-0.2, -0.15) is 0 Å². The average molecular weight is 739 g/mol. The number of aromatic nitrogens is 2. The summed E-state index contributed by atoms with van der Waals surface area (Å²) in [5.41, 5.74) is 14.9. The first-order chi connectivity index (χ1) is 28.6. The minimum atomic E-state index is 1.22. The number of hydrogen-bond donors (Lipinski definition) is 0. The lowest BCUT2D eigenvalue weighted by atomic mass is 9.85. The van der Waals surface area contributed by atoms with Gasteiger partial charge in [0.05, 0.1) is 0 Å². The highest BCUT2D eigenvalue weighted by Gasteiger charge is 2.19. The molecule has 0 saturated heterocycles. The van der Waals surface area contributed by atoms with E-state index in [1.807, 2.05) is 0 Å². The van der Waals surface area contributed by atoms with E-state index in [1.165, 1.54) is 120 Å². The van der Waals surface area contributed by atoms with Crippen LogP contribution in [0.15, 0.2) is 194 Å². The summed E-state index contributed by atoms with van der Waals surface area (Å²) in [7, 11) is 4.34.